The molecule has 4 nitrogen and oxygen atoms in total. The molecule has 114 valence electrons. The van der Waals surface area contributed by atoms with Gasteiger partial charge >= 0.3 is 0 Å². The standard InChI is InChI=1S/C17H25N3O/c1-12-4-5-14-11-15(20-8-6-18-7-9-20)13(2)10-16(14)19(3)17(12)21/h10-12,18H,4-9H2,1-3H3. The van der Waals surface area contributed by atoms with Crippen LogP contribution in [0, 0.1) is 12.8 Å². The van der Waals surface area contributed by atoms with Crippen molar-refractivity contribution in [3.05, 3.63) is 23.3 Å². The molecule has 1 saturated heterocycles. The van der Waals surface area contributed by atoms with Crippen LogP contribution in [0.3, 0.4) is 0 Å². The minimum atomic E-state index is 0.116. The number of nitrogens with zero attached hydrogens (tertiary/aromatic N) is 2. The molecule has 21 heavy (non-hydrogen) atoms. The molecule has 1 amide bonds. The Morgan fingerprint density at radius 3 is 2.62 bits per heavy atom. The van der Waals surface area contributed by atoms with E-state index in [9.17, 15) is 4.79 Å². The molecule has 1 unspecified atom stereocenters. The van der Waals surface area contributed by atoms with Gasteiger partial charge in [-0.15, -0.1) is 0 Å². The summed E-state index contributed by atoms with van der Waals surface area (Å²) >= 11 is 0. The van der Waals surface area contributed by atoms with E-state index < -0.39 is 0 Å². The fourth-order valence-corrected chi connectivity index (χ4v) is 3.43. The van der Waals surface area contributed by atoms with Gasteiger partial charge in [0.1, 0.15) is 0 Å². The molecule has 3 rings (SSSR count). The van der Waals surface area contributed by atoms with E-state index in [4.69, 9.17) is 0 Å². The number of piperazine rings is 1. The van der Waals surface area contributed by atoms with Crippen molar-refractivity contribution >= 4 is 17.3 Å². The first kappa shape index (κ1) is 14.4. The van der Waals surface area contributed by atoms with Crippen LogP contribution in [0.2, 0.25) is 0 Å². The first-order valence-corrected chi connectivity index (χ1v) is 7.94. The maximum Gasteiger partial charge on any atom is 0.229 e. The first-order valence-electron chi connectivity index (χ1n) is 7.94. The summed E-state index contributed by atoms with van der Waals surface area (Å²) in [5.74, 6) is 0.355. The molecule has 0 saturated carbocycles. The van der Waals surface area contributed by atoms with Crippen LogP contribution < -0.4 is 15.1 Å². The number of hydrogen-bond acceptors (Lipinski definition) is 3. The molecule has 0 aliphatic carbocycles. The monoisotopic (exact) mass is 287 g/mol. The molecule has 1 fully saturated rings. The number of fused-ring (bicyclic) bond motifs is 1. The topological polar surface area (TPSA) is 35.6 Å². The SMILES string of the molecule is Cc1cc2c(cc1N1CCNCC1)CCC(C)C(=O)N2C. The number of aryl methyl sites for hydroxylation is 2. The van der Waals surface area contributed by atoms with Gasteiger partial charge in [-0.2, -0.15) is 0 Å². The van der Waals surface area contributed by atoms with Crippen LogP contribution in [-0.4, -0.2) is 39.1 Å². The van der Waals surface area contributed by atoms with Crippen molar-refractivity contribution < 1.29 is 4.79 Å². The molecular weight excluding hydrogens is 262 g/mol. The minimum Gasteiger partial charge on any atom is -0.369 e. The predicted molar refractivity (Wildman–Crippen MR) is 87.2 cm³/mol. The van der Waals surface area contributed by atoms with Crippen LogP contribution in [0.15, 0.2) is 12.1 Å². The fourth-order valence-electron chi connectivity index (χ4n) is 3.43. The molecular formula is C17H25N3O. The fraction of sp³-hybridized carbons (Fsp3) is 0.588. The van der Waals surface area contributed by atoms with Crippen molar-refractivity contribution in [3.63, 3.8) is 0 Å². The van der Waals surface area contributed by atoms with Gasteiger partial charge in [-0.1, -0.05) is 6.92 Å². The van der Waals surface area contributed by atoms with E-state index in [1.165, 1.54) is 16.8 Å². The molecule has 1 aromatic carbocycles. The number of amides is 1. The van der Waals surface area contributed by atoms with Gasteiger partial charge in [0.05, 0.1) is 0 Å². The second-order valence-corrected chi connectivity index (χ2v) is 6.34. The molecule has 0 spiro atoms. The molecule has 1 N–H and O–H groups in total. The highest BCUT2D eigenvalue weighted by molar-refractivity contribution is 5.96. The maximum atomic E-state index is 12.3. The normalized spacial score (nSPS) is 23.0. The molecule has 2 aliphatic heterocycles. The van der Waals surface area contributed by atoms with E-state index >= 15 is 0 Å². The number of rotatable bonds is 1. The number of carbonyl (C=O) groups excluding carboxylic acids is 1. The lowest BCUT2D eigenvalue weighted by atomic mass is 10.00. The summed E-state index contributed by atoms with van der Waals surface area (Å²) in [6, 6.07) is 4.51. The number of anilines is 2. The highest BCUT2D eigenvalue weighted by Gasteiger charge is 2.26. The van der Waals surface area contributed by atoms with Crippen LogP contribution in [0.5, 0.6) is 0 Å². The minimum absolute atomic E-state index is 0.116. The van der Waals surface area contributed by atoms with E-state index in [0.29, 0.717) is 0 Å². The first-order chi connectivity index (χ1) is 10.1. The van der Waals surface area contributed by atoms with Crippen molar-refractivity contribution in [1.82, 2.24) is 5.32 Å². The molecule has 0 aromatic heterocycles. The van der Waals surface area contributed by atoms with E-state index in [2.05, 4.69) is 29.3 Å². The van der Waals surface area contributed by atoms with Gasteiger partial charge in [0.15, 0.2) is 0 Å². The Balaban J connectivity index is 1.98. The number of benzene rings is 1. The Kier molecular flexibility index (Phi) is 3.89. The summed E-state index contributed by atoms with van der Waals surface area (Å²) in [4.78, 5) is 16.6. The quantitative estimate of drug-likeness (QED) is 0.857. The van der Waals surface area contributed by atoms with Gasteiger partial charge in [0.25, 0.3) is 0 Å². The zero-order valence-corrected chi connectivity index (χ0v) is 13.3. The summed E-state index contributed by atoms with van der Waals surface area (Å²) < 4.78 is 0. The van der Waals surface area contributed by atoms with Crippen LogP contribution in [0.25, 0.3) is 0 Å². The van der Waals surface area contributed by atoms with E-state index in [-0.39, 0.29) is 11.8 Å². The van der Waals surface area contributed by atoms with Crippen molar-refractivity contribution in [2.45, 2.75) is 26.7 Å². The Bertz CT molecular complexity index is 549. The van der Waals surface area contributed by atoms with Gasteiger partial charge < -0.3 is 15.1 Å². The van der Waals surface area contributed by atoms with E-state index in [0.717, 1.165) is 44.7 Å². The lowest BCUT2D eigenvalue weighted by Gasteiger charge is -2.32. The molecule has 4 heteroatoms. The van der Waals surface area contributed by atoms with Crippen LogP contribution in [0.1, 0.15) is 24.5 Å². The summed E-state index contributed by atoms with van der Waals surface area (Å²) in [5.41, 5.74) is 5.02. The Morgan fingerprint density at radius 2 is 1.90 bits per heavy atom. The third-order valence-corrected chi connectivity index (χ3v) is 4.82. The van der Waals surface area contributed by atoms with Gasteiger partial charge in [0.2, 0.25) is 5.91 Å². The number of nitrogens with one attached hydrogen (secondary N) is 1. The second kappa shape index (κ2) is 5.68. The third kappa shape index (κ3) is 2.64. The molecule has 0 radical (unpaired) electrons. The molecule has 0 bridgehead atoms. The van der Waals surface area contributed by atoms with Gasteiger partial charge in [-0.05, 0) is 43.0 Å². The van der Waals surface area contributed by atoms with Crippen LogP contribution in [-0.2, 0) is 11.2 Å². The zero-order chi connectivity index (χ0) is 15.0. The van der Waals surface area contributed by atoms with Crippen LogP contribution in [0.4, 0.5) is 11.4 Å². The molecule has 1 atom stereocenters. The third-order valence-electron chi connectivity index (χ3n) is 4.82. The Morgan fingerprint density at radius 1 is 1.19 bits per heavy atom. The molecule has 2 heterocycles. The summed E-state index contributed by atoms with van der Waals surface area (Å²) in [5, 5.41) is 3.40. The van der Waals surface area contributed by atoms with Crippen molar-refractivity contribution in [3.8, 4) is 0 Å². The van der Waals surface area contributed by atoms with Crippen molar-refractivity contribution in [1.29, 1.82) is 0 Å². The average Bonchev–Trinajstić information content (AvgIpc) is 2.61. The van der Waals surface area contributed by atoms with Crippen molar-refractivity contribution in [2.24, 2.45) is 5.92 Å². The van der Waals surface area contributed by atoms with Crippen molar-refractivity contribution in [2.75, 3.05) is 43.0 Å². The van der Waals surface area contributed by atoms with Gasteiger partial charge in [-0.3, -0.25) is 4.79 Å². The largest absolute Gasteiger partial charge is 0.369 e. The van der Waals surface area contributed by atoms with E-state index in [1.54, 1.807) is 0 Å². The number of carbonyl (C=O) groups is 1. The summed E-state index contributed by atoms with van der Waals surface area (Å²) in [6.07, 6.45) is 1.94. The molecule has 1 aromatic rings. The summed E-state index contributed by atoms with van der Waals surface area (Å²) in [7, 11) is 1.91. The average molecular weight is 287 g/mol. The lowest BCUT2D eigenvalue weighted by Crippen LogP contribution is -2.43. The zero-order valence-electron chi connectivity index (χ0n) is 13.3. The maximum absolute atomic E-state index is 12.3. The van der Waals surface area contributed by atoms with Crippen LogP contribution >= 0.6 is 0 Å². The lowest BCUT2D eigenvalue weighted by molar-refractivity contribution is -0.121. The number of hydrogen-bond donors (Lipinski definition) is 1. The van der Waals surface area contributed by atoms with Gasteiger partial charge in [0, 0.05) is 50.5 Å². The Labute approximate surface area is 127 Å². The predicted octanol–water partition coefficient (Wildman–Crippen LogP) is 1.95. The Hall–Kier alpha value is -1.55. The van der Waals surface area contributed by atoms with Gasteiger partial charge in [-0.25, -0.2) is 0 Å². The highest BCUT2D eigenvalue weighted by Crippen LogP contribution is 2.34. The van der Waals surface area contributed by atoms with E-state index in [1.807, 2.05) is 18.9 Å². The second-order valence-electron chi connectivity index (χ2n) is 6.34. The smallest absolute Gasteiger partial charge is 0.229 e. The highest BCUT2D eigenvalue weighted by atomic mass is 16.2. The summed E-state index contributed by atoms with van der Waals surface area (Å²) in [6.45, 7) is 8.41. The molecule has 2 aliphatic rings.